The van der Waals surface area contributed by atoms with Gasteiger partial charge < -0.3 is 10.5 Å². The van der Waals surface area contributed by atoms with Crippen LogP contribution in [0, 0.1) is 0 Å². The molecule has 0 unspecified atom stereocenters. The van der Waals surface area contributed by atoms with Crippen LogP contribution in [0.2, 0.25) is 0 Å². The van der Waals surface area contributed by atoms with Gasteiger partial charge in [-0.05, 0) is 20.8 Å². The van der Waals surface area contributed by atoms with Crippen molar-refractivity contribution < 1.29 is 9.53 Å². The number of esters is 1. The Labute approximate surface area is 97.0 Å². The van der Waals surface area contributed by atoms with Crippen LogP contribution in [0.4, 0.5) is 5.82 Å². The molecule has 0 atom stereocenters. The number of rotatable bonds is 2. The van der Waals surface area contributed by atoms with Crippen LogP contribution in [0.5, 0.6) is 0 Å². The second-order valence-corrected chi connectivity index (χ2v) is 4.56. The van der Waals surface area contributed by atoms with E-state index < -0.39 is 22.8 Å². The van der Waals surface area contributed by atoms with E-state index in [0.717, 1.165) is 0 Å². The molecule has 0 aromatic carbocycles. The Kier molecular flexibility index (Phi) is 3.40. The summed E-state index contributed by atoms with van der Waals surface area (Å²) < 4.78 is 5.04. The van der Waals surface area contributed by atoms with Crippen molar-refractivity contribution >= 4 is 11.8 Å². The monoisotopic (exact) mass is 241 g/mol. The van der Waals surface area contributed by atoms with E-state index in [1.54, 1.807) is 20.8 Å². The minimum atomic E-state index is -0.708. The van der Waals surface area contributed by atoms with Crippen molar-refractivity contribution in [2.24, 2.45) is 0 Å². The predicted molar refractivity (Wildman–Crippen MR) is 61.6 cm³/mol. The molecule has 1 rings (SSSR count). The molecule has 0 aliphatic rings. The highest BCUT2D eigenvalue weighted by atomic mass is 16.6. The lowest BCUT2D eigenvalue weighted by molar-refractivity contribution is -0.153. The lowest BCUT2D eigenvalue weighted by Crippen LogP contribution is -2.31. The maximum absolute atomic E-state index is 11.5. The molecule has 17 heavy (non-hydrogen) atoms. The van der Waals surface area contributed by atoms with E-state index in [9.17, 15) is 14.4 Å². The number of nitrogen functional groups attached to an aromatic ring is 1. The summed E-state index contributed by atoms with van der Waals surface area (Å²) in [7, 11) is 0. The highest BCUT2D eigenvalue weighted by molar-refractivity contribution is 5.74. The fraction of sp³-hybridized carbons (Fsp3) is 0.500. The van der Waals surface area contributed by atoms with Crippen molar-refractivity contribution in [1.29, 1.82) is 0 Å². The average Bonchev–Trinajstić information content (AvgIpc) is 2.08. The summed E-state index contributed by atoms with van der Waals surface area (Å²) >= 11 is 0. The molecule has 1 aromatic rings. The number of aromatic nitrogens is 2. The first-order valence-electron chi connectivity index (χ1n) is 5.02. The minimum Gasteiger partial charge on any atom is -0.460 e. The lowest BCUT2D eigenvalue weighted by Gasteiger charge is -2.19. The lowest BCUT2D eigenvalue weighted by atomic mass is 10.2. The third kappa shape index (κ3) is 3.78. The van der Waals surface area contributed by atoms with Crippen LogP contribution in [0.3, 0.4) is 0 Å². The molecule has 7 nitrogen and oxygen atoms in total. The Morgan fingerprint density at radius 1 is 1.29 bits per heavy atom. The number of nitrogens with one attached hydrogen (secondary N) is 2. The van der Waals surface area contributed by atoms with Crippen molar-refractivity contribution in [2.45, 2.75) is 32.8 Å². The van der Waals surface area contributed by atoms with Gasteiger partial charge in [0.05, 0.1) is 12.0 Å². The van der Waals surface area contributed by atoms with Crippen LogP contribution in [0.15, 0.2) is 9.59 Å². The van der Waals surface area contributed by atoms with Gasteiger partial charge in [0.15, 0.2) is 0 Å². The topological polar surface area (TPSA) is 118 Å². The van der Waals surface area contributed by atoms with E-state index in [4.69, 9.17) is 10.5 Å². The maximum Gasteiger partial charge on any atom is 0.327 e. The third-order valence-corrected chi connectivity index (χ3v) is 1.82. The van der Waals surface area contributed by atoms with Gasteiger partial charge in [-0.25, -0.2) is 4.79 Å². The normalized spacial score (nSPS) is 11.2. The quantitative estimate of drug-likeness (QED) is 0.605. The number of aromatic amines is 2. The van der Waals surface area contributed by atoms with Gasteiger partial charge in [0.1, 0.15) is 11.4 Å². The van der Waals surface area contributed by atoms with Gasteiger partial charge >= 0.3 is 11.7 Å². The fourth-order valence-corrected chi connectivity index (χ4v) is 1.23. The van der Waals surface area contributed by atoms with Crippen molar-refractivity contribution in [3.8, 4) is 0 Å². The molecule has 0 fully saturated rings. The highest BCUT2D eigenvalue weighted by Crippen LogP contribution is 2.09. The summed E-state index contributed by atoms with van der Waals surface area (Å²) in [5.74, 6) is -0.702. The zero-order valence-electron chi connectivity index (χ0n) is 9.92. The van der Waals surface area contributed by atoms with Gasteiger partial charge in [-0.15, -0.1) is 0 Å². The third-order valence-electron chi connectivity index (χ3n) is 1.82. The van der Waals surface area contributed by atoms with Crippen LogP contribution < -0.4 is 17.0 Å². The van der Waals surface area contributed by atoms with E-state index in [0.29, 0.717) is 0 Å². The van der Waals surface area contributed by atoms with Gasteiger partial charge in [-0.1, -0.05) is 0 Å². The molecule has 1 heterocycles. The first-order chi connectivity index (χ1) is 7.69. The highest BCUT2D eigenvalue weighted by Gasteiger charge is 2.19. The summed E-state index contributed by atoms with van der Waals surface area (Å²) in [6.45, 7) is 5.14. The Morgan fingerprint density at radius 2 is 1.88 bits per heavy atom. The Bertz CT molecular complexity index is 536. The maximum atomic E-state index is 11.5. The SMILES string of the molecule is CC(C)(C)OC(=O)Cc1c(N)[nH]c(=O)[nH]c1=O. The van der Waals surface area contributed by atoms with Crippen molar-refractivity contribution in [2.75, 3.05) is 5.73 Å². The molecular weight excluding hydrogens is 226 g/mol. The van der Waals surface area contributed by atoms with E-state index in [1.165, 1.54) is 0 Å². The number of hydrogen-bond donors (Lipinski definition) is 3. The van der Waals surface area contributed by atoms with Crippen LogP contribution >= 0.6 is 0 Å². The Hall–Kier alpha value is -2.05. The van der Waals surface area contributed by atoms with E-state index in [1.807, 2.05) is 4.98 Å². The summed E-state index contributed by atoms with van der Waals surface area (Å²) in [4.78, 5) is 38.0. The molecule has 4 N–H and O–H groups in total. The van der Waals surface area contributed by atoms with E-state index in [2.05, 4.69) is 4.98 Å². The average molecular weight is 241 g/mol. The first kappa shape index (κ1) is 13.0. The molecule has 0 amide bonds. The number of ether oxygens (including phenoxy) is 1. The van der Waals surface area contributed by atoms with Crippen molar-refractivity contribution in [3.63, 3.8) is 0 Å². The number of H-pyrrole nitrogens is 2. The predicted octanol–water partition coefficient (Wildman–Crippen LogP) is -0.470. The van der Waals surface area contributed by atoms with Crippen LogP contribution in [0.1, 0.15) is 26.3 Å². The second kappa shape index (κ2) is 4.44. The van der Waals surface area contributed by atoms with Crippen LogP contribution in [-0.4, -0.2) is 21.5 Å². The molecule has 7 heteroatoms. The molecule has 0 spiro atoms. The number of nitrogens with two attached hydrogens (primary N) is 1. The molecular formula is C10H15N3O4. The summed E-state index contributed by atoms with van der Waals surface area (Å²) in [6.07, 6.45) is -0.283. The molecule has 0 aliphatic carbocycles. The van der Waals surface area contributed by atoms with Gasteiger partial charge in [0.25, 0.3) is 5.56 Å². The molecule has 0 saturated heterocycles. The van der Waals surface area contributed by atoms with Crippen molar-refractivity contribution in [1.82, 2.24) is 9.97 Å². The zero-order chi connectivity index (χ0) is 13.2. The molecule has 1 aromatic heterocycles. The number of carbonyl (C=O) groups excluding carboxylic acids is 1. The fourth-order valence-electron chi connectivity index (χ4n) is 1.23. The molecule has 0 radical (unpaired) electrons. The van der Waals surface area contributed by atoms with E-state index >= 15 is 0 Å². The van der Waals surface area contributed by atoms with Crippen molar-refractivity contribution in [3.05, 3.63) is 26.4 Å². The number of hydrogen-bond acceptors (Lipinski definition) is 5. The largest absolute Gasteiger partial charge is 0.460 e. The Morgan fingerprint density at radius 3 is 2.35 bits per heavy atom. The van der Waals surface area contributed by atoms with Gasteiger partial charge in [0, 0.05) is 0 Å². The molecule has 0 bridgehead atoms. The zero-order valence-corrected chi connectivity index (χ0v) is 9.92. The molecule has 0 saturated carbocycles. The van der Waals surface area contributed by atoms with Gasteiger partial charge in [0.2, 0.25) is 0 Å². The number of anilines is 1. The van der Waals surface area contributed by atoms with Crippen LogP contribution in [-0.2, 0) is 16.0 Å². The van der Waals surface area contributed by atoms with Crippen LogP contribution in [0.25, 0.3) is 0 Å². The molecule has 0 aliphatic heterocycles. The van der Waals surface area contributed by atoms with Gasteiger partial charge in [-0.3, -0.25) is 19.6 Å². The first-order valence-corrected chi connectivity index (χ1v) is 5.02. The molecule has 94 valence electrons. The summed E-state index contributed by atoms with van der Waals surface area (Å²) in [5.41, 5.74) is 3.42. The van der Waals surface area contributed by atoms with Gasteiger partial charge in [-0.2, -0.15) is 0 Å². The number of carbonyl (C=O) groups is 1. The summed E-state index contributed by atoms with van der Waals surface area (Å²) in [6, 6.07) is 0. The summed E-state index contributed by atoms with van der Waals surface area (Å²) in [5, 5.41) is 0. The minimum absolute atomic E-state index is 0.00106. The standard InChI is InChI=1S/C10H15N3O4/c1-10(2,3)17-6(14)4-5-7(11)12-9(16)13-8(5)15/h4H2,1-3H3,(H4,11,12,13,15,16). The Balaban J connectivity index is 2.94. The second-order valence-electron chi connectivity index (χ2n) is 4.56. The smallest absolute Gasteiger partial charge is 0.327 e. The van der Waals surface area contributed by atoms with E-state index in [-0.39, 0.29) is 17.8 Å².